The number of halogens is 6. The van der Waals surface area contributed by atoms with E-state index in [1.807, 2.05) is 55.5 Å². The fourth-order valence-electron chi connectivity index (χ4n) is 15.7. The van der Waals surface area contributed by atoms with Crippen LogP contribution in [0.25, 0.3) is 0 Å². The summed E-state index contributed by atoms with van der Waals surface area (Å²) in [4.78, 5) is 0. The molecule has 0 aromatic heterocycles. The Morgan fingerprint density at radius 1 is 0.372 bits per heavy atom. The van der Waals surface area contributed by atoms with Gasteiger partial charge in [-0.1, -0.05) is 120 Å². The predicted molar refractivity (Wildman–Crippen MR) is 405 cm³/mol. The van der Waals surface area contributed by atoms with Crippen LogP contribution in [0.15, 0.2) is 170 Å². The lowest BCUT2D eigenvalue weighted by atomic mass is 9.90. The highest BCUT2D eigenvalue weighted by Crippen LogP contribution is 2.46. The van der Waals surface area contributed by atoms with Gasteiger partial charge in [-0.05, 0) is 184 Å². The Bertz CT molecular complexity index is 4860. The van der Waals surface area contributed by atoms with Gasteiger partial charge >= 0.3 is 0 Å². The number of fused-ring (bicyclic) bond motifs is 3. The lowest BCUT2D eigenvalue weighted by Gasteiger charge is -2.40. The zero-order valence-corrected chi connectivity index (χ0v) is 63.3. The maximum absolute atomic E-state index is 16.5. The van der Waals surface area contributed by atoms with E-state index >= 15 is 8.78 Å². The summed E-state index contributed by atoms with van der Waals surface area (Å²) < 4.78 is 114. The van der Waals surface area contributed by atoms with E-state index in [0.717, 1.165) is 27.8 Å². The minimum atomic E-state index is -1.69. The molecule has 6 aliphatic rings. The van der Waals surface area contributed by atoms with Crippen LogP contribution in [0.5, 0.6) is 28.7 Å². The molecular formula is C86H84Cl3F3O21. The number of rotatable bonds is 25. The topological polar surface area (TPSA) is 304 Å². The third-order valence-corrected chi connectivity index (χ3v) is 23.0. The maximum Gasteiger partial charge on any atom is 0.171 e. The number of hydrogen-bond acceptors (Lipinski definition) is 21. The maximum atomic E-state index is 16.5. The molecule has 113 heavy (non-hydrogen) atoms. The first-order valence-electron chi connectivity index (χ1n) is 37.2. The van der Waals surface area contributed by atoms with Crippen molar-refractivity contribution >= 4 is 34.8 Å². The standard InChI is InChI=1S/C86H84Cl3F3O21/c1-41-59-31-53(90)13-20-58(59)67(109-41)36-103-54-14-3-43(4-15-54)26-51-29-47(10-22-62(51)88)85-82(101)79(98)76(95)70(112-85)39-106-57-32-60-68(110-42(2)72(60)64(91)33-57)37-104-55-16-5-44(6-17-55)27-52-30-48(11-23-63(52)89)86-83(102)80(99)77(96)71(113-86)40-108-65-24-12-49-35-107-69(73(49)74(65)92)38-105-56-18-7-45(8-19-56)25-50-28-46(9-21-61(50)87)84-81(100)78(97)75(94)66(34-93)111-84/h3-24,28-33,41-42,66-71,75-86,93-102H,25-27,34-40H2,1-2H3/t41?,42?,66-,67?,68?,69?,70-,71-,75-,76-,77-,78+,79+,80+,81-,82-,83-,84+,85+,86+/m1/s1. The van der Waals surface area contributed by atoms with Crippen molar-refractivity contribution in [2.24, 2.45) is 0 Å². The van der Waals surface area contributed by atoms with Crippen LogP contribution in [0.1, 0.15) is 146 Å². The molecule has 9 aromatic rings. The predicted octanol–water partition coefficient (Wildman–Crippen LogP) is 11.6. The van der Waals surface area contributed by atoms with E-state index in [9.17, 15) is 55.5 Å². The molecule has 9 aromatic carbocycles. The first kappa shape index (κ1) is 80.2. The molecule has 10 N–H and O–H groups in total. The molecule has 15 rings (SSSR count). The lowest BCUT2D eigenvalue weighted by molar-refractivity contribution is -0.231. The van der Waals surface area contributed by atoms with E-state index in [-0.39, 0.29) is 68.1 Å². The van der Waals surface area contributed by atoms with Gasteiger partial charge in [-0.25, -0.2) is 13.2 Å². The molecule has 20 atom stereocenters. The molecule has 3 saturated heterocycles. The number of hydrogen-bond donors (Lipinski definition) is 10. The number of aliphatic hydroxyl groups excluding tert-OH is 10. The summed E-state index contributed by atoms with van der Waals surface area (Å²) in [5.41, 5.74) is 9.28. The zero-order chi connectivity index (χ0) is 79.2. The molecule has 6 heterocycles. The van der Waals surface area contributed by atoms with Crippen LogP contribution in [0.2, 0.25) is 15.1 Å². The molecule has 0 aliphatic carbocycles. The third-order valence-electron chi connectivity index (χ3n) is 21.9. The Morgan fingerprint density at radius 2 is 0.796 bits per heavy atom. The Morgan fingerprint density at radius 3 is 1.27 bits per heavy atom. The van der Waals surface area contributed by atoms with Crippen molar-refractivity contribution in [1.82, 2.24) is 0 Å². The molecule has 0 radical (unpaired) electrons. The normalized spacial score (nSPS) is 28.5. The van der Waals surface area contributed by atoms with E-state index in [2.05, 4.69) is 0 Å². The van der Waals surface area contributed by atoms with Crippen molar-refractivity contribution in [2.75, 3.05) is 39.6 Å². The van der Waals surface area contributed by atoms with E-state index in [4.69, 9.17) is 86.9 Å². The number of aliphatic hydroxyl groups is 10. The van der Waals surface area contributed by atoms with E-state index in [1.165, 1.54) is 24.3 Å². The fraction of sp³-hybridized carbons (Fsp3) is 0.372. The highest BCUT2D eigenvalue weighted by atomic mass is 35.5. The molecule has 27 heteroatoms. The van der Waals surface area contributed by atoms with Crippen molar-refractivity contribution in [2.45, 2.75) is 162 Å². The van der Waals surface area contributed by atoms with Crippen LogP contribution in [0.3, 0.4) is 0 Å². The number of ether oxygens (including phenoxy) is 11. The minimum absolute atomic E-state index is 0.0212. The lowest BCUT2D eigenvalue weighted by Crippen LogP contribution is -2.55. The third kappa shape index (κ3) is 17.2. The van der Waals surface area contributed by atoms with Gasteiger partial charge < -0.3 is 103 Å². The van der Waals surface area contributed by atoms with Gasteiger partial charge in [0.25, 0.3) is 0 Å². The summed E-state index contributed by atoms with van der Waals surface area (Å²) in [6.07, 6.45) is -22.8. The Balaban J connectivity index is 0.530. The largest absolute Gasteiger partial charge is 0.491 e. The Kier molecular flexibility index (Phi) is 24.4. The van der Waals surface area contributed by atoms with Crippen LogP contribution in [-0.2, 0) is 54.3 Å². The summed E-state index contributed by atoms with van der Waals surface area (Å²) >= 11 is 20.1. The minimum Gasteiger partial charge on any atom is -0.491 e. The second-order valence-electron chi connectivity index (χ2n) is 29.4. The van der Waals surface area contributed by atoms with E-state index < -0.39 is 135 Å². The molecule has 596 valence electrons. The van der Waals surface area contributed by atoms with Crippen LogP contribution in [0, 0.1) is 17.5 Å². The van der Waals surface area contributed by atoms with Crippen molar-refractivity contribution in [3.8, 4) is 28.7 Å². The van der Waals surface area contributed by atoms with Gasteiger partial charge in [-0.2, -0.15) is 0 Å². The van der Waals surface area contributed by atoms with Crippen LogP contribution in [0.4, 0.5) is 13.2 Å². The van der Waals surface area contributed by atoms with Gasteiger partial charge in [0.05, 0.1) is 25.4 Å². The Labute approximate surface area is 663 Å². The molecule has 0 amide bonds. The van der Waals surface area contributed by atoms with Gasteiger partial charge in [0, 0.05) is 32.3 Å². The molecule has 0 bridgehead atoms. The van der Waals surface area contributed by atoms with Gasteiger partial charge in [0.15, 0.2) is 11.6 Å². The summed E-state index contributed by atoms with van der Waals surface area (Å²) in [5.74, 6) is -0.154. The summed E-state index contributed by atoms with van der Waals surface area (Å²) in [5, 5.41) is 110. The van der Waals surface area contributed by atoms with Crippen molar-refractivity contribution in [3.63, 3.8) is 0 Å². The highest BCUT2D eigenvalue weighted by molar-refractivity contribution is 6.32. The molecule has 0 spiro atoms. The van der Waals surface area contributed by atoms with Gasteiger partial charge in [-0.3, -0.25) is 0 Å². The second kappa shape index (κ2) is 34.4. The average molecular weight is 1620 g/mol. The van der Waals surface area contributed by atoms with Crippen LogP contribution >= 0.6 is 34.8 Å². The van der Waals surface area contributed by atoms with Crippen LogP contribution in [-0.4, -0.2) is 164 Å². The molecular weight excluding hydrogens is 1530 g/mol. The Hall–Kier alpha value is -8.00. The van der Waals surface area contributed by atoms with Gasteiger partial charge in [-0.15, -0.1) is 0 Å². The van der Waals surface area contributed by atoms with Gasteiger partial charge in [0.1, 0.15) is 178 Å². The highest BCUT2D eigenvalue weighted by Gasteiger charge is 2.48. The van der Waals surface area contributed by atoms with E-state index in [1.54, 1.807) is 104 Å². The SMILES string of the molecule is CC1OC(COc2ccc(Cc3cc([C@@H]4O[C@H](COc5cc(F)c6c(c5)C(COc5ccc(Cc7cc([C@@H]8O[C@H](COc9ccc%10c(c9F)C(COc9ccc(Cc%11cc([C@@H]%12O[C@H](CO)[C@@H](O)[C@H](O)[C@H]%12O)ccc%11Cl)cc9)OC%10)[C@@H](O)[C@H](O)[C@H]8O)ccc7Cl)cc5)OC6C)[C@@H](O)[C@H](O)[C@H]4O)ccc3Cl)cc2)c2ccc(F)cc21. The second-order valence-corrected chi connectivity index (χ2v) is 30.6. The van der Waals surface area contributed by atoms with E-state index in [0.29, 0.717) is 102 Å². The molecule has 21 nitrogen and oxygen atoms in total. The molecule has 6 aliphatic heterocycles. The molecule has 3 fully saturated rings. The van der Waals surface area contributed by atoms with Crippen molar-refractivity contribution < 1.29 is 116 Å². The smallest absolute Gasteiger partial charge is 0.171 e. The van der Waals surface area contributed by atoms with Crippen molar-refractivity contribution in [3.05, 3.63) is 286 Å². The molecule has 0 saturated carbocycles. The zero-order valence-electron chi connectivity index (χ0n) is 61.0. The van der Waals surface area contributed by atoms with Crippen molar-refractivity contribution in [1.29, 1.82) is 0 Å². The number of benzene rings is 9. The first-order chi connectivity index (χ1) is 54.4. The fourth-order valence-corrected chi connectivity index (χ4v) is 16.2. The first-order valence-corrected chi connectivity index (χ1v) is 38.4. The summed E-state index contributed by atoms with van der Waals surface area (Å²) in [7, 11) is 0. The summed E-state index contributed by atoms with van der Waals surface area (Å²) in [6, 6.07) is 47.5. The monoisotopic (exact) mass is 1610 g/mol. The average Bonchev–Trinajstić information content (AvgIpc) is 1.70. The van der Waals surface area contributed by atoms with Crippen LogP contribution < -0.4 is 23.7 Å². The quantitative estimate of drug-likeness (QED) is 0.0254. The van der Waals surface area contributed by atoms with Gasteiger partial charge in [0.2, 0.25) is 0 Å². The molecule has 5 unspecified atom stereocenters. The summed E-state index contributed by atoms with van der Waals surface area (Å²) in [6.45, 7) is 2.52.